The van der Waals surface area contributed by atoms with Crippen molar-refractivity contribution in [1.82, 2.24) is 9.97 Å². The van der Waals surface area contributed by atoms with Crippen molar-refractivity contribution in [3.63, 3.8) is 0 Å². The molecule has 0 aliphatic heterocycles. The Bertz CT molecular complexity index is 1380. The van der Waals surface area contributed by atoms with E-state index in [1.807, 2.05) is 24.3 Å². The molecular weight excluding hydrogens is 501 g/mol. The number of ketones is 1. The van der Waals surface area contributed by atoms with Crippen LogP contribution in [0.5, 0.6) is 5.88 Å². The first-order valence-electron chi connectivity index (χ1n) is 11.7. The number of carbonyl (C=O) groups is 1. The third-order valence-electron chi connectivity index (χ3n) is 5.89. The van der Waals surface area contributed by atoms with E-state index in [0.29, 0.717) is 22.7 Å². The smallest absolute Gasteiger partial charge is 0.273 e. The molecule has 0 amide bonds. The van der Waals surface area contributed by atoms with Gasteiger partial charge in [0.1, 0.15) is 23.9 Å². The lowest BCUT2D eigenvalue weighted by Crippen LogP contribution is -2.12. The standard InChI is InChI=1S/C29H24ClF3N2O2/c1-2-29(32,33)23-10-5-20(6-11-23)16-25(36)15-19-3-7-21(8-4-19)27-28(35-14-13-34-27)37-18-22-9-12-24(31)17-26(22)30/h3-14,17H,2,15-16,18H2,1H3. The first-order chi connectivity index (χ1) is 17.7. The minimum Gasteiger partial charge on any atom is -0.471 e. The molecule has 0 radical (unpaired) electrons. The highest BCUT2D eigenvalue weighted by molar-refractivity contribution is 6.31. The number of nitrogens with zero attached hydrogens (tertiary/aromatic N) is 2. The van der Waals surface area contributed by atoms with E-state index in [9.17, 15) is 18.0 Å². The highest BCUT2D eigenvalue weighted by atomic mass is 35.5. The van der Waals surface area contributed by atoms with E-state index in [1.54, 1.807) is 24.4 Å². The van der Waals surface area contributed by atoms with E-state index >= 15 is 0 Å². The Morgan fingerprint density at radius 3 is 2.16 bits per heavy atom. The Morgan fingerprint density at radius 1 is 0.919 bits per heavy atom. The molecule has 0 saturated heterocycles. The highest BCUT2D eigenvalue weighted by Gasteiger charge is 2.28. The molecule has 37 heavy (non-hydrogen) atoms. The number of hydrogen-bond acceptors (Lipinski definition) is 4. The Hall–Kier alpha value is -3.71. The van der Waals surface area contributed by atoms with Crippen LogP contribution in [0.4, 0.5) is 13.2 Å². The number of aromatic nitrogens is 2. The van der Waals surface area contributed by atoms with Crippen molar-refractivity contribution in [3.8, 4) is 17.1 Å². The van der Waals surface area contributed by atoms with Crippen molar-refractivity contribution in [2.75, 3.05) is 0 Å². The summed E-state index contributed by atoms with van der Waals surface area (Å²) in [4.78, 5) is 21.2. The average Bonchev–Trinajstić information content (AvgIpc) is 2.89. The lowest BCUT2D eigenvalue weighted by atomic mass is 9.99. The minimum atomic E-state index is -2.87. The van der Waals surface area contributed by atoms with Crippen molar-refractivity contribution in [2.24, 2.45) is 0 Å². The lowest BCUT2D eigenvalue weighted by Gasteiger charge is -2.14. The van der Waals surface area contributed by atoms with Gasteiger partial charge in [0.05, 0.1) is 5.02 Å². The SMILES string of the molecule is CCC(F)(F)c1ccc(CC(=O)Cc2ccc(-c3nccnc3OCc3ccc(F)cc3Cl)cc2)cc1. The Labute approximate surface area is 218 Å². The number of alkyl halides is 2. The summed E-state index contributed by atoms with van der Waals surface area (Å²) < 4.78 is 46.7. The summed E-state index contributed by atoms with van der Waals surface area (Å²) in [5, 5.41) is 0.259. The van der Waals surface area contributed by atoms with Crippen LogP contribution in [-0.2, 0) is 30.2 Å². The van der Waals surface area contributed by atoms with Crippen molar-refractivity contribution in [2.45, 2.75) is 38.7 Å². The first kappa shape index (κ1) is 26.4. The van der Waals surface area contributed by atoms with Crippen molar-refractivity contribution in [3.05, 3.63) is 112 Å². The lowest BCUT2D eigenvalue weighted by molar-refractivity contribution is -0.117. The Balaban J connectivity index is 1.39. The van der Waals surface area contributed by atoms with E-state index in [2.05, 4.69) is 9.97 Å². The van der Waals surface area contributed by atoms with E-state index in [1.165, 1.54) is 37.4 Å². The third kappa shape index (κ3) is 6.74. The van der Waals surface area contributed by atoms with Gasteiger partial charge in [-0.25, -0.2) is 23.1 Å². The van der Waals surface area contributed by atoms with Crippen LogP contribution in [-0.4, -0.2) is 15.8 Å². The molecule has 0 unspecified atom stereocenters. The number of carbonyl (C=O) groups excluding carboxylic acids is 1. The largest absolute Gasteiger partial charge is 0.471 e. The van der Waals surface area contributed by atoms with Gasteiger partial charge in [0, 0.05) is 48.3 Å². The third-order valence-corrected chi connectivity index (χ3v) is 6.25. The van der Waals surface area contributed by atoms with Gasteiger partial charge in [-0.1, -0.05) is 73.1 Å². The molecule has 4 rings (SSSR count). The molecule has 0 aliphatic carbocycles. The Kier molecular flexibility index (Phi) is 8.24. The molecule has 1 heterocycles. The topological polar surface area (TPSA) is 52.1 Å². The number of Topliss-reactive ketones (excluding diaryl/α,β-unsaturated/α-hetero) is 1. The maximum Gasteiger partial charge on any atom is 0.273 e. The fourth-order valence-corrected chi connectivity index (χ4v) is 4.00. The highest BCUT2D eigenvalue weighted by Crippen LogP contribution is 2.31. The fourth-order valence-electron chi connectivity index (χ4n) is 3.78. The van der Waals surface area contributed by atoms with Gasteiger partial charge in [-0.3, -0.25) is 4.79 Å². The van der Waals surface area contributed by atoms with Gasteiger partial charge in [-0.2, -0.15) is 0 Å². The Morgan fingerprint density at radius 2 is 1.54 bits per heavy atom. The van der Waals surface area contributed by atoms with Crippen LogP contribution < -0.4 is 4.74 Å². The second-order valence-electron chi connectivity index (χ2n) is 8.58. The van der Waals surface area contributed by atoms with Gasteiger partial charge in [0.2, 0.25) is 5.88 Å². The molecule has 3 aromatic carbocycles. The average molecular weight is 525 g/mol. The molecule has 1 aromatic heterocycles. The van der Waals surface area contributed by atoms with Crippen molar-refractivity contribution >= 4 is 17.4 Å². The normalized spacial score (nSPS) is 11.4. The second kappa shape index (κ2) is 11.6. The predicted molar refractivity (Wildman–Crippen MR) is 136 cm³/mol. The van der Waals surface area contributed by atoms with Crippen LogP contribution in [0.15, 0.2) is 79.1 Å². The zero-order valence-electron chi connectivity index (χ0n) is 20.1. The van der Waals surface area contributed by atoms with Gasteiger partial charge in [0.25, 0.3) is 5.92 Å². The van der Waals surface area contributed by atoms with Crippen LogP contribution in [0.3, 0.4) is 0 Å². The molecule has 0 spiro atoms. The molecule has 0 atom stereocenters. The van der Waals surface area contributed by atoms with Crippen LogP contribution in [0.2, 0.25) is 5.02 Å². The second-order valence-corrected chi connectivity index (χ2v) is 8.99. The number of ether oxygens (including phenoxy) is 1. The molecule has 190 valence electrons. The number of rotatable bonds is 10. The molecule has 0 bridgehead atoms. The monoisotopic (exact) mass is 524 g/mol. The minimum absolute atomic E-state index is 0.0255. The predicted octanol–water partition coefficient (Wildman–Crippen LogP) is 7.37. The summed E-state index contributed by atoms with van der Waals surface area (Å²) in [5.74, 6) is -3.03. The molecule has 4 nitrogen and oxygen atoms in total. The van der Waals surface area contributed by atoms with Gasteiger partial charge < -0.3 is 4.74 Å². The zero-order valence-corrected chi connectivity index (χ0v) is 20.8. The van der Waals surface area contributed by atoms with E-state index in [-0.39, 0.29) is 42.2 Å². The molecular formula is C29H24ClF3N2O2. The zero-order chi connectivity index (χ0) is 26.4. The number of benzene rings is 3. The quantitative estimate of drug-likeness (QED) is 0.217. The van der Waals surface area contributed by atoms with Crippen molar-refractivity contribution < 1.29 is 22.7 Å². The summed E-state index contributed by atoms with van der Waals surface area (Å²) in [7, 11) is 0. The summed E-state index contributed by atoms with van der Waals surface area (Å²) in [5.41, 5.74) is 3.34. The molecule has 0 aliphatic rings. The number of halogens is 4. The number of hydrogen-bond donors (Lipinski definition) is 0. The molecule has 0 N–H and O–H groups in total. The molecule has 8 heteroatoms. The summed E-state index contributed by atoms with van der Waals surface area (Å²) in [6, 6.07) is 17.3. The summed E-state index contributed by atoms with van der Waals surface area (Å²) >= 11 is 6.08. The summed E-state index contributed by atoms with van der Waals surface area (Å²) in [6.07, 6.45) is 3.15. The fraction of sp³-hybridized carbons (Fsp3) is 0.207. The van der Waals surface area contributed by atoms with Gasteiger partial charge >= 0.3 is 0 Å². The van der Waals surface area contributed by atoms with E-state index in [0.717, 1.165) is 11.1 Å². The van der Waals surface area contributed by atoms with Crippen molar-refractivity contribution in [1.29, 1.82) is 0 Å². The maximum atomic E-state index is 13.8. The summed E-state index contributed by atoms with van der Waals surface area (Å²) in [6.45, 7) is 1.53. The van der Waals surface area contributed by atoms with Gasteiger partial charge in [-0.15, -0.1) is 0 Å². The first-order valence-corrected chi connectivity index (χ1v) is 12.1. The molecule has 4 aromatic rings. The van der Waals surface area contributed by atoms with Crippen LogP contribution >= 0.6 is 11.6 Å². The van der Waals surface area contributed by atoms with Crippen LogP contribution in [0.25, 0.3) is 11.3 Å². The van der Waals surface area contributed by atoms with Gasteiger partial charge in [-0.05, 0) is 23.3 Å². The maximum absolute atomic E-state index is 13.8. The van der Waals surface area contributed by atoms with Gasteiger partial charge in [0.15, 0.2) is 0 Å². The van der Waals surface area contributed by atoms with E-state index in [4.69, 9.17) is 16.3 Å². The molecule has 0 fully saturated rings. The van der Waals surface area contributed by atoms with Crippen LogP contribution in [0, 0.1) is 5.82 Å². The van der Waals surface area contributed by atoms with E-state index < -0.39 is 11.7 Å². The molecule has 0 saturated carbocycles. The van der Waals surface area contributed by atoms with Crippen LogP contribution in [0.1, 0.15) is 35.6 Å².